The Morgan fingerprint density at radius 1 is 0.846 bits per heavy atom. The number of carbonyl (C=O) groups excluding carboxylic acids is 3. The van der Waals surface area contributed by atoms with Crippen LogP contribution >= 0.6 is 0 Å². The molecule has 2 aromatic rings. The van der Waals surface area contributed by atoms with Crippen molar-refractivity contribution in [3.05, 3.63) is 60.2 Å². The maximum atomic E-state index is 12.5. The van der Waals surface area contributed by atoms with Crippen LogP contribution in [-0.2, 0) is 14.3 Å². The Morgan fingerprint density at radius 2 is 1.35 bits per heavy atom. The number of carbonyl (C=O) groups is 3. The van der Waals surface area contributed by atoms with Crippen LogP contribution in [-0.4, -0.2) is 24.4 Å². The van der Waals surface area contributed by atoms with E-state index >= 15 is 0 Å². The molecule has 0 bridgehead atoms. The van der Waals surface area contributed by atoms with Crippen molar-refractivity contribution in [2.45, 2.75) is 20.8 Å². The van der Waals surface area contributed by atoms with Crippen LogP contribution in [0.15, 0.2) is 54.6 Å². The number of hydrogen-bond acceptors (Lipinski definition) is 4. The zero-order valence-corrected chi connectivity index (χ0v) is 15.0. The lowest BCUT2D eigenvalue weighted by Crippen LogP contribution is -2.41. The average molecular weight is 354 g/mol. The van der Waals surface area contributed by atoms with Gasteiger partial charge in [-0.25, -0.2) is 4.79 Å². The molecule has 0 saturated carbocycles. The molecular weight excluding hydrogens is 332 g/mol. The van der Waals surface area contributed by atoms with E-state index in [1.54, 1.807) is 69.3 Å². The van der Waals surface area contributed by atoms with Crippen molar-refractivity contribution in [3.8, 4) is 0 Å². The fraction of sp³-hybridized carbons (Fsp3) is 0.250. The quantitative estimate of drug-likeness (QED) is 0.614. The molecule has 0 unspecified atom stereocenters. The number of esters is 1. The minimum absolute atomic E-state index is 0.294. The number of hydrogen-bond donors (Lipinski definition) is 2. The normalized spacial score (nSPS) is 10.7. The van der Waals surface area contributed by atoms with Gasteiger partial charge in [-0.2, -0.15) is 0 Å². The second-order valence-corrected chi connectivity index (χ2v) is 6.20. The van der Waals surface area contributed by atoms with Crippen LogP contribution in [0, 0.1) is 5.41 Å². The lowest BCUT2D eigenvalue weighted by Gasteiger charge is -2.22. The molecule has 2 rings (SSSR count). The summed E-state index contributed by atoms with van der Waals surface area (Å²) in [7, 11) is 0. The molecule has 6 heteroatoms. The third-order valence-electron chi connectivity index (χ3n) is 3.82. The number of benzene rings is 2. The van der Waals surface area contributed by atoms with Crippen LogP contribution in [0.25, 0.3) is 0 Å². The molecule has 0 fully saturated rings. The van der Waals surface area contributed by atoms with Gasteiger partial charge in [0.15, 0.2) is 0 Å². The number of para-hydroxylation sites is 1. The van der Waals surface area contributed by atoms with Crippen LogP contribution in [0.3, 0.4) is 0 Å². The number of nitrogens with one attached hydrogen (secondary N) is 2. The fourth-order valence-corrected chi connectivity index (χ4v) is 2.10. The summed E-state index contributed by atoms with van der Waals surface area (Å²) in [6, 6.07) is 15.2. The Kier molecular flexibility index (Phi) is 6.11. The van der Waals surface area contributed by atoms with Crippen molar-refractivity contribution in [3.63, 3.8) is 0 Å². The summed E-state index contributed by atoms with van der Waals surface area (Å²) in [4.78, 5) is 36.6. The van der Waals surface area contributed by atoms with E-state index < -0.39 is 23.2 Å². The highest BCUT2D eigenvalue weighted by Gasteiger charge is 2.36. The van der Waals surface area contributed by atoms with E-state index in [-0.39, 0.29) is 0 Å². The lowest BCUT2D eigenvalue weighted by atomic mass is 9.90. The van der Waals surface area contributed by atoms with Gasteiger partial charge in [-0.15, -0.1) is 0 Å². The Balaban J connectivity index is 2.03. The summed E-state index contributed by atoms with van der Waals surface area (Å²) >= 11 is 0. The Labute approximate surface area is 152 Å². The SMILES string of the molecule is CCOC(=O)c1ccc(NC(=O)C(C)(C)C(=O)Nc2ccccc2)cc1. The van der Waals surface area contributed by atoms with Gasteiger partial charge in [-0.3, -0.25) is 9.59 Å². The number of rotatable bonds is 6. The van der Waals surface area contributed by atoms with Gasteiger partial charge in [0, 0.05) is 11.4 Å². The van der Waals surface area contributed by atoms with E-state index in [4.69, 9.17) is 4.74 Å². The van der Waals surface area contributed by atoms with Crippen molar-refractivity contribution in [2.24, 2.45) is 5.41 Å². The molecule has 0 heterocycles. The standard InChI is InChI=1S/C20H22N2O4/c1-4-26-17(23)14-10-12-16(13-11-14)22-19(25)20(2,3)18(24)21-15-8-6-5-7-9-15/h5-13H,4H2,1-3H3,(H,21,24)(H,22,25). The van der Waals surface area contributed by atoms with E-state index in [0.717, 1.165) is 0 Å². The summed E-state index contributed by atoms with van der Waals surface area (Å²) < 4.78 is 4.91. The predicted molar refractivity (Wildman–Crippen MR) is 99.9 cm³/mol. The first-order valence-corrected chi connectivity index (χ1v) is 8.29. The molecule has 0 radical (unpaired) electrons. The lowest BCUT2D eigenvalue weighted by molar-refractivity contribution is -0.135. The molecule has 26 heavy (non-hydrogen) atoms. The van der Waals surface area contributed by atoms with Crippen molar-refractivity contribution in [1.29, 1.82) is 0 Å². The third-order valence-corrected chi connectivity index (χ3v) is 3.82. The second-order valence-electron chi connectivity index (χ2n) is 6.20. The molecule has 2 amide bonds. The van der Waals surface area contributed by atoms with Crippen molar-refractivity contribution in [2.75, 3.05) is 17.2 Å². The average Bonchev–Trinajstić information content (AvgIpc) is 2.63. The molecule has 0 aliphatic carbocycles. The van der Waals surface area contributed by atoms with Crippen LogP contribution in [0.1, 0.15) is 31.1 Å². The van der Waals surface area contributed by atoms with Crippen LogP contribution in [0.2, 0.25) is 0 Å². The Morgan fingerprint density at radius 3 is 1.85 bits per heavy atom. The first kappa shape index (κ1) is 19.2. The summed E-state index contributed by atoms with van der Waals surface area (Å²) in [5, 5.41) is 5.42. The topological polar surface area (TPSA) is 84.5 Å². The molecule has 0 atom stereocenters. The van der Waals surface area contributed by atoms with Gasteiger partial charge in [0.25, 0.3) is 0 Å². The zero-order chi connectivity index (χ0) is 19.2. The molecular formula is C20H22N2O4. The van der Waals surface area contributed by atoms with Gasteiger partial charge in [-0.05, 0) is 57.2 Å². The van der Waals surface area contributed by atoms with Gasteiger partial charge in [0.05, 0.1) is 12.2 Å². The smallest absolute Gasteiger partial charge is 0.338 e. The van der Waals surface area contributed by atoms with E-state index in [1.165, 1.54) is 0 Å². The summed E-state index contributed by atoms with van der Waals surface area (Å²) in [5.74, 6) is -1.29. The predicted octanol–water partition coefficient (Wildman–Crippen LogP) is 3.47. The molecule has 0 aromatic heterocycles. The number of ether oxygens (including phenoxy) is 1. The van der Waals surface area contributed by atoms with Gasteiger partial charge in [0.2, 0.25) is 11.8 Å². The number of anilines is 2. The minimum Gasteiger partial charge on any atom is -0.462 e. The fourth-order valence-electron chi connectivity index (χ4n) is 2.10. The van der Waals surface area contributed by atoms with Crippen LogP contribution in [0.4, 0.5) is 11.4 Å². The highest BCUT2D eigenvalue weighted by molar-refractivity contribution is 6.14. The summed E-state index contributed by atoms with van der Waals surface area (Å²) in [6.07, 6.45) is 0. The first-order valence-electron chi connectivity index (χ1n) is 8.29. The van der Waals surface area contributed by atoms with Crippen LogP contribution < -0.4 is 10.6 Å². The molecule has 0 spiro atoms. The molecule has 2 aromatic carbocycles. The van der Waals surface area contributed by atoms with Crippen molar-refractivity contribution < 1.29 is 19.1 Å². The molecule has 2 N–H and O–H groups in total. The summed E-state index contributed by atoms with van der Waals surface area (Å²) in [6.45, 7) is 5.12. The molecule has 136 valence electrons. The van der Waals surface area contributed by atoms with E-state index in [2.05, 4.69) is 10.6 Å². The monoisotopic (exact) mass is 354 g/mol. The van der Waals surface area contributed by atoms with E-state index in [1.807, 2.05) is 6.07 Å². The van der Waals surface area contributed by atoms with Gasteiger partial charge >= 0.3 is 5.97 Å². The molecule has 0 aliphatic heterocycles. The van der Waals surface area contributed by atoms with Gasteiger partial charge in [0.1, 0.15) is 5.41 Å². The maximum Gasteiger partial charge on any atom is 0.338 e. The van der Waals surface area contributed by atoms with Crippen LogP contribution in [0.5, 0.6) is 0 Å². The Bertz CT molecular complexity index is 783. The second kappa shape index (κ2) is 8.29. The van der Waals surface area contributed by atoms with Gasteiger partial charge in [-0.1, -0.05) is 18.2 Å². The highest BCUT2D eigenvalue weighted by atomic mass is 16.5. The Hall–Kier alpha value is -3.15. The third kappa shape index (κ3) is 4.69. The molecule has 6 nitrogen and oxygen atoms in total. The summed E-state index contributed by atoms with van der Waals surface area (Å²) in [5.41, 5.74) is 0.224. The number of amides is 2. The first-order chi connectivity index (χ1) is 12.3. The minimum atomic E-state index is -1.28. The van der Waals surface area contributed by atoms with E-state index in [9.17, 15) is 14.4 Å². The zero-order valence-electron chi connectivity index (χ0n) is 15.0. The molecule has 0 saturated heterocycles. The largest absolute Gasteiger partial charge is 0.462 e. The van der Waals surface area contributed by atoms with Crippen molar-refractivity contribution >= 4 is 29.2 Å². The van der Waals surface area contributed by atoms with Crippen molar-refractivity contribution in [1.82, 2.24) is 0 Å². The molecule has 0 aliphatic rings. The van der Waals surface area contributed by atoms with E-state index in [0.29, 0.717) is 23.5 Å². The highest BCUT2D eigenvalue weighted by Crippen LogP contribution is 2.22. The maximum absolute atomic E-state index is 12.5. The van der Waals surface area contributed by atoms with Gasteiger partial charge < -0.3 is 15.4 Å².